The maximum Gasteiger partial charge on any atom is 0.466 e. The van der Waals surface area contributed by atoms with Gasteiger partial charge in [0.05, 0.1) is 0 Å². The molecule has 0 atom stereocenters. The topological polar surface area (TPSA) is 26.3 Å². The molecule has 0 bridgehead atoms. The van der Waals surface area contributed by atoms with E-state index in [1.165, 1.54) is 6.92 Å². The molecule has 0 spiro atoms. The van der Waals surface area contributed by atoms with Crippen LogP contribution in [0, 0.1) is 0 Å². The van der Waals surface area contributed by atoms with E-state index in [-0.39, 0.29) is 12.0 Å². The standard InChI is InChI=1S/C9H12F4O2/c1-4-5-8(10,11)9(12,13)15-7(14)6(2)3/h2,4-5H2,1,3H3. The number of rotatable bonds is 5. The van der Waals surface area contributed by atoms with Gasteiger partial charge in [-0.3, -0.25) is 0 Å². The van der Waals surface area contributed by atoms with Gasteiger partial charge in [0.2, 0.25) is 0 Å². The van der Waals surface area contributed by atoms with Gasteiger partial charge in [0, 0.05) is 12.0 Å². The van der Waals surface area contributed by atoms with E-state index in [1.807, 2.05) is 0 Å². The molecule has 0 aromatic heterocycles. The Kier molecular flexibility index (Phi) is 4.30. The van der Waals surface area contributed by atoms with Crippen molar-refractivity contribution in [3.8, 4) is 0 Å². The van der Waals surface area contributed by atoms with Crippen molar-refractivity contribution in [2.45, 2.75) is 38.7 Å². The lowest BCUT2D eigenvalue weighted by molar-refractivity contribution is -0.331. The average Bonchev–Trinajstić information content (AvgIpc) is 2.02. The van der Waals surface area contributed by atoms with Crippen LogP contribution in [0.15, 0.2) is 12.2 Å². The quantitative estimate of drug-likeness (QED) is 0.410. The molecule has 88 valence electrons. The molecular weight excluding hydrogens is 216 g/mol. The molecule has 0 aliphatic rings. The van der Waals surface area contributed by atoms with Crippen molar-refractivity contribution in [3.05, 3.63) is 12.2 Å². The van der Waals surface area contributed by atoms with Crippen molar-refractivity contribution in [1.82, 2.24) is 0 Å². The van der Waals surface area contributed by atoms with Crippen LogP contribution < -0.4 is 0 Å². The minimum atomic E-state index is -4.79. The van der Waals surface area contributed by atoms with Crippen molar-refractivity contribution in [1.29, 1.82) is 0 Å². The molecule has 0 radical (unpaired) electrons. The van der Waals surface area contributed by atoms with Crippen LogP contribution in [0.5, 0.6) is 0 Å². The maximum absolute atomic E-state index is 12.8. The Hall–Kier alpha value is -1.07. The van der Waals surface area contributed by atoms with E-state index in [1.54, 1.807) is 0 Å². The molecule has 0 saturated heterocycles. The molecule has 0 heterocycles. The van der Waals surface area contributed by atoms with Crippen molar-refractivity contribution in [3.63, 3.8) is 0 Å². The third-order valence-corrected chi connectivity index (χ3v) is 1.56. The summed E-state index contributed by atoms with van der Waals surface area (Å²) in [6.07, 6.45) is -5.99. The van der Waals surface area contributed by atoms with Gasteiger partial charge < -0.3 is 4.74 Å². The van der Waals surface area contributed by atoms with E-state index in [4.69, 9.17) is 0 Å². The molecule has 0 rings (SSSR count). The Labute approximate surface area is 84.9 Å². The molecule has 6 heteroatoms. The maximum atomic E-state index is 12.8. The highest BCUT2D eigenvalue weighted by Crippen LogP contribution is 2.39. The first-order chi connectivity index (χ1) is 6.64. The van der Waals surface area contributed by atoms with Crippen molar-refractivity contribution in [2.75, 3.05) is 0 Å². The Bertz CT molecular complexity index is 261. The summed E-state index contributed by atoms with van der Waals surface area (Å²) in [7, 11) is 0. The number of carbonyl (C=O) groups excluding carboxylic acids is 1. The van der Waals surface area contributed by atoms with Gasteiger partial charge in [-0.15, -0.1) is 0 Å². The zero-order chi connectivity index (χ0) is 12.3. The lowest BCUT2D eigenvalue weighted by Gasteiger charge is -2.25. The number of hydrogen-bond acceptors (Lipinski definition) is 2. The van der Waals surface area contributed by atoms with Crippen LogP contribution in [0.4, 0.5) is 17.6 Å². The molecule has 15 heavy (non-hydrogen) atoms. The van der Waals surface area contributed by atoms with Gasteiger partial charge in [0.15, 0.2) is 0 Å². The highest BCUT2D eigenvalue weighted by molar-refractivity contribution is 5.87. The van der Waals surface area contributed by atoms with Crippen LogP contribution in [0.25, 0.3) is 0 Å². The van der Waals surface area contributed by atoms with Crippen LogP contribution >= 0.6 is 0 Å². The zero-order valence-electron chi connectivity index (χ0n) is 8.45. The van der Waals surface area contributed by atoms with Crippen LogP contribution in [0.2, 0.25) is 0 Å². The van der Waals surface area contributed by atoms with E-state index in [2.05, 4.69) is 11.3 Å². The van der Waals surface area contributed by atoms with Crippen LogP contribution in [0.3, 0.4) is 0 Å². The largest absolute Gasteiger partial charge is 0.466 e. The molecule has 0 amide bonds. The molecule has 0 unspecified atom stereocenters. The Morgan fingerprint density at radius 1 is 1.33 bits per heavy atom. The number of carbonyl (C=O) groups is 1. The Balaban J connectivity index is 4.67. The van der Waals surface area contributed by atoms with E-state index in [0.29, 0.717) is 0 Å². The fraction of sp³-hybridized carbons (Fsp3) is 0.667. The zero-order valence-corrected chi connectivity index (χ0v) is 8.45. The smallest absolute Gasteiger partial charge is 0.393 e. The lowest BCUT2D eigenvalue weighted by atomic mass is 10.2. The highest BCUT2D eigenvalue weighted by atomic mass is 19.3. The second-order valence-electron chi connectivity index (χ2n) is 3.14. The summed E-state index contributed by atoms with van der Waals surface area (Å²) in [6.45, 7) is 5.43. The van der Waals surface area contributed by atoms with Crippen LogP contribution in [-0.4, -0.2) is 18.0 Å². The number of alkyl halides is 4. The van der Waals surface area contributed by atoms with E-state index in [0.717, 1.165) is 6.92 Å². The first-order valence-corrected chi connectivity index (χ1v) is 4.28. The van der Waals surface area contributed by atoms with E-state index < -0.39 is 24.4 Å². The molecule has 0 aliphatic carbocycles. The van der Waals surface area contributed by atoms with Gasteiger partial charge in [-0.2, -0.15) is 17.6 Å². The third-order valence-electron chi connectivity index (χ3n) is 1.56. The fourth-order valence-electron chi connectivity index (χ4n) is 0.738. The number of ether oxygens (including phenoxy) is 1. The highest BCUT2D eigenvalue weighted by Gasteiger charge is 2.59. The fourth-order valence-corrected chi connectivity index (χ4v) is 0.738. The van der Waals surface area contributed by atoms with Gasteiger partial charge in [-0.25, -0.2) is 4.79 Å². The summed E-state index contributed by atoms with van der Waals surface area (Å²) in [6, 6.07) is 0. The number of hydrogen-bond donors (Lipinski definition) is 0. The lowest BCUT2D eigenvalue weighted by Crippen LogP contribution is -2.44. The normalized spacial score (nSPS) is 12.4. The van der Waals surface area contributed by atoms with Crippen molar-refractivity contribution in [2.24, 2.45) is 0 Å². The predicted octanol–water partition coefficient (Wildman–Crippen LogP) is 3.13. The summed E-state index contributed by atoms with van der Waals surface area (Å²) < 4.78 is 54.5. The van der Waals surface area contributed by atoms with Crippen molar-refractivity contribution >= 4 is 5.97 Å². The molecule has 0 aromatic rings. The summed E-state index contributed by atoms with van der Waals surface area (Å²) in [5.41, 5.74) is -0.359. The molecule has 0 aromatic carbocycles. The van der Waals surface area contributed by atoms with Gasteiger partial charge in [0.25, 0.3) is 0 Å². The first-order valence-electron chi connectivity index (χ1n) is 4.28. The van der Waals surface area contributed by atoms with Gasteiger partial charge in [-0.05, 0) is 6.92 Å². The number of esters is 1. The Morgan fingerprint density at radius 3 is 2.13 bits per heavy atom. The minimum Gasteiger partial charge on any atom is -0.393 e. The monoisotopic (exact) mass is 228 g/mol. The van der Waals surface area contributed by atoms with E-state index >= 15 is 0 Å². The molecule has 0 aliphatic heterocycles. The Morgan fingerprint density at radius 2 is 1.80 bits per heavy atom. The van der Waals surface area contributed by atoms with E-state index in [9.17, 15) is 22.4 Å². The summed E-state index contributed by atoms with van der Waals surface area (Å²) in [5, 5.41) is 0. The molecular formula is C9H12F4O2. The summed E-state index contributed by atoms with van der Waals surface area (Å²) >= 11 is 0. The van der Waals surface area contributed by atoms with Gasteiger partial charge in [-0.1, -0.05) is 19.9 Å². The first kappa shape index (κ1) is 13.9. The van der Waals surface area contributed by atoms with Gasteiger partial charge >= 0.3 is 18.0 Å². The van der Waals surface area contributed by atoms with Crippen molar-refractivity contribution < 1.29 is 27.1 Å². The van der Waals surface area contributed by atoms with Gasteiger partial charge in [0.1, 0.15) is 0 Å². The molecule has 0 fully saturated rings. The average molecular weight is 228 g/mol. The van der Waals surface area contributed by atoms with Crippen LogP contribution in [0.1, 0.15) is 26.7 Å². The third kappa shape index (κ3) is 3.53. The molecule has 0 saturated carbocycles. The summed E-state index contributed by atoms with van der Waals surface area (Å²) in [5.74, 6) is -5.89. The molecule has 2 nitrogen and oxygen atoms in total. The molecule has 0 N–H and O–H groups in total. The minimum absolute atomic E-state index is 0.146. The predicted molar refractivity (Wildman–Crippen MR) is 45.7 cm³/mol. The SMILES string of the molecule is C=C(C)C(=O)OC(F)(F)C(F)(F)CCC. The second-order valence-corrected chi connectivity index (χ2v) is 3.14. The summed E-state index contributed by atoms with van der Waals surface area (Å²) in [4.78, 5) is 10.7. The van der Waals surface area contributed by atoms with Crippen LogP contribution in [-0.2, 0) is 9.53 Å². The second kappa shape index (κ2) is 4.63. The number of halogens is 4.